The van der Waals surface area contributed by atoms with Crippen LogP contribution in [0.2, 0.25) is 0 Å². The van der Waals surface area contributed by atoms with Gasteiger partial charge in [-0.15, -0.1) is 11.3 Å². The van der Waals surface area contributed by atoms with Crippen LogP contribution in [0.5, 0.6) is 0 Å². The fraction of sp³-hybridized carbons (Fsp3) is 0.0270. The minimum Gasteiger partial charge on any atom is -0.135 e. The molecular formula is C37H26S. The SMILES string of the molecule is C=C/C(=C\C(=C/C)c1ccc2c3ccccc3c3ccccc3c2c1)c1cccc2c1sc1ccccc12. The molecule has 1 aromatic heterocycles. The molecule has 38 heavy (non-hydrogen) atoms. The van der Waals surface area contributed by atoms with Crippen LogP contribution in [-0.2, 0) is 0 Å². The van der Waals surface area contributed by atoms with E-state index >= 15 is 0 Å². The van der Waals surface area contributed by atoms with Crippen LogP contribution in [0.15, 0.2) is 134 Å². The molecule has 1 heteroatoms. The maximum absolute atomic E-state index is 4.21. The van der Waals surface area contributed by atoms with Crippen LogP contribution < -0.4 is 0 Å². The monoisotopic (exact) mass is 502 g/mol. The number of thiophene rings is 1. The van der Waals surface area contributed by atoms with Crippen molar-refractivity contribution in [2.45, 2.75) is 6.92 Å². The van der Waals surface area contributed by atoms with Crippen molar-refractivity contribution in [2.75, 3.05) is 0 Å². The van der Waals surface area contributed by atoms with Crippen molar-refractivity contribution in [1.82, 2.24) is 0 Å². The highest BCUT2D eigenvalue weighted by Gasteiger charge is 2.13. The summed E-state index contributed by atoms with van der Waals surface area (Å²) in [7, 11) is 0. The van der Waals surface area contributed by atoms with Crippen molar-refractivity contribution in [2.24, 2.45) is 0 Å². The van der Waals surface area contributed by atoms with Crippen LogP contribution in [0.1, 0.15) is 18.1 Å². The Kier molecular flexibility index (Phi) is 5.46. The Morgan fingerprint density at radius 3 is 1.82 bits per heavy atom. The molecule has 0 N–H and O–H groups in total. The van der Waals surface area contributed by atoms with Crippen LogP contribution in [0.4, 0.5) is 0 Å². The second-order valence-electron chi connectivity index (χ2n) is 9.68. The standard InChI is InChI=1S/C37H26S/c1-3-24(22-25(4-2)27-17-11-18-34-33-16-9-10-19-36(33)38-37(27)34)26-20-21-32-30-14-6-5-12-28(30)29-13-7-8-15-31(29)35(32)23-26/h3-23H,2H2,1H3/b24-3+,25-22+. The van der Waals surface area contributed by atoms with Gasteiger partial charge in [0, 0.05) is 20.2 Å². The Balaban J connectivity index is 1.42. The topological polar surface area (TPSA) is 0 Å². The first kappa shape index (κ1) is 22.7. The van der Waals surface area contributed by atoms with Gasteiger partial charge in [-0.05, 0) is 79.7 Å². The first-order valence-electron chi connectivity index (χ1n) is 13.0. The smallest absolute Gasteiger partial charge is 0.0433 e. The molecule has 0 bridgehead atoms. The van der Waals surface area contributed by atoms with E-state index < -0.39 is 0 Å². The molecule has 0 aliphatic heterocycles. The second kappa shape index (κ2) is 9.13. The summed E-state index contributed by atoms with van der Waals surface area (Å²) in [6.45, 7) is 6.33. The molecular weight excluding hydrogens is 476 g/mol. The average molecular weight is 503 g/mol. The van der Waals surface area contributed by atoms with Gasteiger partial charge in [0.2, 0.25) is 0 Å². The first-order chi connectivity index (χ1) is 18.8. The Morgan fingerprint density at radius 1 is 0.579 bits per heavy atom. The lowest BCUT2D eigenvalue weighted by molar-refractivity contribution is 1.63. The molecule has 7 aromatic rings. The summed E-state index contributed by atoms with van der Waals surface area (Å²) in [4.78, 5) is 0. The molecule has 0 nitrogen and oxygen atoms in total. The third-order valence-corrected chi connectivity index (χ3v) is 8.85. The van der Waals surface area contributed by atoms with Crippen LogP contribution in [0.25, 0.3) is 63.6 Å². The Hall–Kier alpha value is -4.46. The van der Waals surface area contributed by atoms with E-state index in [1.165, 1.54) is 69.2 Å². The summed E-state index contributed by atoms with van der Waals surface area (Å²) >= 11 is 1.86. The predicted octanol–water partition coefficient (Wildman–Crippen LogP) is 11.2. The summed E-state index contributed by atoms with van der Waals surface area (Å²) in [6.07, 6.45) is 6.49. The quantitative estimate of drug-likeness (QED) is 0.166. The van der Waals surface area contributed by atoms with Gasteiger partial charge in [-0.1, -0.05) is 116 Å². The normalized spacial score (nSPS) is 12.8. The summed E-state index contributed by atoms with van der Waals surface area (Å²) < 4.78 is 2.63. The van der Waals surface area contributed by atoms with Gasteiger partial charge >= 0.3 is 0 Å². The van der Waals surface area contributed by atoms with E-state index in [9.17, 15) is 0 Å². The Morgan fingerprint density at radius 2 is 1.16 bits per heavy atom. The average Bonchev–Trinajstić information content (AvgIpc) is 3.37. The van der Waals surface area contributed by atoms with Crippen molar-refractivity contribution in [1.29, 1.82) is 0 Å². The molecule has 0 spiro atoms. The Labute approximate surface area is 226 Å². The molecule has 0 unspecified atom stereocenters. The molecule has 0 radical (unpaired) electrons. The third-order valence-electron chi connectivity index (χ3n) is 7.63. The summed E-state index contributed by atoms with van der Waals surface area (Å²) in [5, 5.41) is 10.4. The number of allylic oxidation sites excluding steroid dienone is 5. The first-order valence-corrected chi connectivity index (χ1v) is 13.8. The Bertz CT molecular complexity index is 2060. The largest absolute Gasteiger partial charge is 0.135 e. The lowest BCUT2D eigenvalue weighted by atomic mass is 9.91. The molecule has 0 saturated carbocycles. The lowest BCUT2D eigenvalue weighted by Gasteiger charge is -2.13. The fourth-order valence-electron chi connectivity index (χ4n) is 5.81. The van der Waals surface area contributed by atoms with Gasteiger partial charge in [0.15, 0.2) is 0 Å². The zero-order valence-electron chi connectivity index (χ0n) is 21.2. The number of fused-ring (bicyclic) bond motifs is 9. The van der Waals surface area contributed by atoms with Crippen molar-refractivity contribution in [3.05, 3.63) is 145 Å². The van der Waals surface area contributed by atoms with Crippen molar-refractivity contribution < 1.29 is 0 Å². The van der Waals surface area contributed by atoms with Gasteiger partial charge in [-0.2, -0.15) is 0 Å². The minimum absolute atomic E-state index is 1.14. The summed E-state index contributed by atoms with van der Waals surface area (Å²) in [5.41, 5.74) is 4.77. The van der Waals surface area contributed by atoms with Crippen molar-refractivity contribution in [3.63, 3.8) is 0 Å². The summed E-state index contributed by atoms with van der Waals surface area (Å²) in [5.74, 6) is 0. The molecule has 0 aliphatic rings. The highest BCUT2D eigenvalue weighted by Crippen LogP contribution is 2.40. The molecule has 6 aromatic carbocycles. The van der Waals surface area contributed by atoms with Crippen LogP contribution >= 0.6 is 11.3 Å². The van der Waals surface area contributed by atoms with Crippen molar-refractivity contribution in [3.8, 4) is 0 Å². The molecule has 0 atom stereocenters. The molecule has 7 rings (SSSR count). The van der Waals surface area contributed by atoms with E-state index in [4.69, 9.17) is 0 Å². The molecule has 0 saturated heterocycles. The molecule has 0 aliphatic carbocycles. The molecule has 0 amide bonds. The second-order valence-corrected chi connectivity index (χ2v) is 10.7. The third kappa shape index (κ3) is 3.51. The van der Waals surface area contributed by atoms with Crippen molar-refractivity contribution >= 4 is 75.0 Å². The maximum atomic E-state index is 4.21. The van der Waals surface area contributed by atoms with Gasteiger partial charge in [0.25, 0.3) is 0 Å². The highest BCUT2D eigenvalue weighted by molar-refractivity contribution is 7.26. The van der Waals surface area contributed by atoms with Crippen LogP contribution in [-0.4, -0.2) is 0 Å². The predicted molar refractivity (Wildman–Crippen MR) is 170 cm³/mol. The molecule has 1 heterocycles. The van der Waals surface area contributed by atoms with Crippen LogP contribution in [0, 0.1) is 0 Å². The zero-order chi connectivity index (χ0) is 25.6. The number of benzene rings is 6. The molecule has 0 fully saturated rings. The highest BCUT2D eigenvalue weighted by atomic mass is 32.1. The van der Waals surface area contributed by atoms with Gasteiger partial charge in [0.05, 0.1) is 0 Å². The van der Waals surface area contributed by atoms with Crippen LogP contribution in [0.3, 0.4) is 0 Å². The van der Waals surface area contributed by atoms with Gasteiger partial charge < -0.3 is 0 Å². The number of hydrogen-bond donors (Lipinski definition) is 0. The van der Waals surface area contributed by atoms with Gasteiger partial charge in [0.1, 0.15) is 0 Å². The van der Waals surface area contributed by atoms with E-state index in [1.54, 1.807) is 0 Å². The van der Waals surface area contributed by atoms with E-state index in [1.807, 2.05) is 17.4 Å². The summed E-state index contributed by atoms with van der Waals surface area (Å²) in [6, 6.07) is 39.7. The van der Waals surface area contributed by atoms with E-state index in [2.05, 4.69) is 135 Å². The minimum atomic E-state index is 1.14. The van der Waals surface area contributed by atoms with E-state index in [0.717, 1.165) is 5.57 Å². The maximum Gasteiger partial charge on any atom is 0.0433 e. The van der Waals surface area contributed by atoms with Gasteiger partial charge in [-0.3, -0.25) is 0 Å². The van der Waals surface area contributed by atoms with Gasteiger partial charge in [-0.25, -0.2) is 0 Å². The number of rotatable bonds is 4. The van der Waals surface area contributed by atoms with E-state index in [0.29, 0.717) is 0 Å². The zero-order valence-corrected chi connectivity index (χ0v) is 22.1. The van der Waals surface area contributed by atoms with E-state index in [-0.39, 0.29) is 0 Å². The fourth-order valence-corrected chi connectivity index (χ4v) is 7.05. The lowest BCUT2D eigenvalue weighted by Crippen LogP contribution is -1.88. The molecule has 180 valence electrons. The number of hydrogen-bond acceptors (Lipinski definition) is 1.